The molecule has 1 amide bonds. The Morgan fingerprint density at radius 2 is 2.13 bits per heavy atom. The van der Waals surface area contributed by atoms with Crippen LogP contribution in [0, 0.1) is 0 Å². The third kappa shape index (κ3) is 4.10. The zero-order valence-electron chi connectivity index (χ0n) is 8.43. The number of aliphatic hydroxyl groups excluding tert-OH is 1. The molecule has 0 aliphatic carbocycles. The minimum absolute atomic E-state index is 0.0552. The van der Waals surface area contributed by atoms with E-state index in [1.54, 1.807) is 0 Å². The van der Waals surface area contributed by atoms with Crippen LogP contribution < -0.4 is 5.48 Å². The van der Waals surface area contributed by atoms with E-state index in [4.69, 9.17) is 4.84 Å². The van der Waals surface area contributed by atoms with Crippen LogP contribution in [-0.4, -0.2) is 24.7 Å². The van der Waals surface area contributed by atoms with Crippen LogP contribution in [0.25, 0.3) is 0 Å². The van der Waals surface area contributed by atoms with Crippen molar-refractivity contribution in [2.45, 2.75) is 12.3 Å². The van der Waals surface area contributed by atoms with Gasteiger partial charge in [-0.05, 0) is 12.0 Å². The van der Waals surface area contributed by atoms with Crippen LogP contribution in [0.2, 0.25) is 0 Å². The van der Waals surface area contributed by atoms with Crippen LogP contribution in [-0.2, 0) is 9.63 Å². The number of rotatable bonds is 7. The Morgan fingerprint density at radius 1 is 1.40 bits per heavy atom. The largest absolute Gasteiger partial charge is 0.396 e. The number of hydroxylamine groups is 1. The van der Waals surface area contributed by atoms with Gasteiger partial charge in [0.15, 0.2) is 0 Å². The van der Waals surface area contributed by atoms with Gasteiger partial charge in [0.1, 0.15) is 0 Å². The Balaban J connectivity index is 2.39. The molecule has 4 heteroatoms. The van der Waals surface area contributed by atoms with Crippen molar-refractivity contribution in [2.75, 3.05) is 13.2 Å². The summed E-state index contributed by atoms with van der Waals surface area (Å²) in [5.74, 6) is 0.0552. The summed E-state index contributed by atoms with van der Waals surface area (Å²) >= 11 is 0. The van der Waals surface area contributed by atoms with Gasteiger partial charge in [0.25, 0.3) is 0 Å². The topological polar surface area (TPSA) is 58.6 Å². The van der Waals surface area contributed by atoms with Crippen molar-refractivity contribution in [3.05, 3.63) is 35.9 Å². The molecule has 1 atom stereocenters. The summed E-state index contributed by atoms with van der Waals surface area (Å²) in [6.07, 6.45) is 1.15. The molecule has 4 nitrogen and oxygen atoms in total. The molecule has 0 fully saturated rings. The van der Waals surface area contributed by atoms with Crippen molar-refractivity contribution in [3.63, 3.8) is 0 Å². The van der Waals surface area contributed by atoms with E-state index in [0.29, 0.717) is 19.4 Å². The molecule has 0 heterocycles. The third-order valence-corrected chi connectivity index (χ3v) is 2.19. The van der Waals surface area contributed by atoms with E-state index >= 15 is 0 Å². The minimum atomic E-state index is 0.0552. The molecule has 15 heavy (non-hydrogen) atoms. The Kier molecular flexibility index (Phi) is 5.43. The lowest BCUT2D eigenvalue weighted by Crippen LogP contribution is -2.15. The average molecular weight is 209 g/mol. The van der Waals surface area contributed by atoms with Gasteiger partial charge in [-0.15, -0.1) is 0 Å². The second kappa shape index (κ2) is 6.98. The number of carbonyl (C=O) groups is 1. The molecule has 0 radical (unpaired) electrons. The first-order chi connectivity index (χ1) is 7.38. The van der Waals surface area contributed by atoms with Crippen molar-refractivity contribution >= 4 is 6.41 Å². The third-order valence-electron chi connectivity index (χ3n) is 2.19. The van der Waals surface area contributed by atoms with Gasteiger partial charge in [-0.25, -0.2) is 5.48 Å². The molecule has 0 aromatic heterocycles. The first-order valence-electron chi connectivity index (χ1n) is 4.85. The number of benzene rings is 1. The standard InChI is InChI=1S/C11H15NO3/c13-8-11(6-7-15-12-9-14)10-4-2-1-3-5-10/h1-5,9,11,13H,6-8H2,(H,12,14)/t11-/m1/s1. The molecule has 0 saturated heterocycles. The zero-order chi connectivity index (χ0) is 10.9. The number of carbonyl (C=O) groups excluding carboxylic acids is 1. The lowest BCUT2D eigenvalue weighted by atomic mass is 9.97. The van der Waals surface area contributed by atoms with Crippen molar-refractivity contribution in [2.24, 2.45) is 0 Å². The molecule has 2 N–H and O–H groups in total. The summed E-state index contributed by atoms with van der Waals surface area (Å²) in [5.41, 5.74) is 3.20. The van der Waals surface area contributed by atoms with Gasteiger partial charge in [0.05, 0.1) is 13.2 Å². The SMILES string of the molecule is O=CNOCC[C@H](CO)c1ccccc1. The van der Waals surface area contributed by atoms with E-state index in [-0.39, 0.29) is 12.5 Å². The van der Waals surface area contributed by atoms with Gasteiger partial charge in [-0.1, -0.05) is 30.3 Å². The van der Waals surface area contributed by atoms with Crippen LogP contribution in [0.1, 0.15) is 17.9 Å². The summed E-state index contributed by atoms with van der Waals surface area (Å²) in [6.45, 7) is 0.466. The van der Waals surface area contributed by atoms with Gasteiger partial charge >= 0.3 is 0 Å². The van der Waals surface area contributed by atoms with Gasteiger partial charge in [0.2, 0.25) is 6.41 Å². The fraction of sp³-hybridized carbons (Fsp3) is 0.364. The second-order valence-electron chi connectivity index (χ2n) is 3.16. The number of hydrogen-bond donors (Lipinski definition) is 2. The molecule has 82 valence electrons. The quantitative estimate of drug-likeness (QED) is 0.397. The van der Waals surface area contributed by atoms with E-state index in [1.165, 1.54) is 0 Å². The first kappa shape index (κ1) is 11.7. The lowest BCUT2D eigenvalue weighted by Gasteiger charge is -2.13. The fourth-order valence-electron chi connectivity index (χ4n) is 1.38. The summed E-state index contributed by atoms with van der Waals surface area (Å²) in [5, 5.41) is 9.19. The predicted molar refractivity (Wildman–Crippen MR) is 56.0 cm³/mol. The van der Waals surface area contributed by atoms with E-state index in [2.05, 4.69) is 5.48 Å². The number of hydrogen-bond acceptors (Lipinski definition) is 3. The van der Waals surface area contributed by atoms with E-state index in [1.807, 2.05) is 30.3 Å². The second-order valence-corrected chi connectivity index (χ2v) is 3.16. The highest BCUT2D eigenvalue weighted by molar-refractivity contribution is 5.43. The monoisotopic (exact) mass is 209 g/mol. The normalized spacial score (nSPS) is 12.1. The van der Waals surface area contributed by atoms with Gasteiger partial charge in [-0.3, -0.25) is 9.63 Å². The minimum Gasteiger partial charge on any atom is -0.396 e. The first-order valence-corrected chi connectivity index (χ1v) is 4.85. The summed E-state index contributed by atoms with van der Waals surface area (Å²) in [6, 6.07) is 9.73. The Morgan fingerprint density at radius 3 is 2.73 bits per heavy atom. The Bertz CT molecular complexity index is 276. The highest BCUT2D eigenvalue weighted by atomic mass is 16.6. The average Bonchev–Trinajstić information content (AvgIpc) is 2.30. The molecule has 0 bridgehead atoms. The number of aliphatic hydroxyl groups is 1. The molecular formula is C11H15NO3. The maximum Gasteiger partial charge on any atom is 0.230 e. The van der Waals surface area contributed by atoms with Crippen molar-refractivity contribution < 1.29 is 14.7 Å². The molecule has 0 saturated carbocycles. The van der Waals surface area contributed by atoms with E-state index in [9.17, 15) is 9.90 Å². The molecule has 0 spiro atoms. The summed E-state index contributed by atoms with van der Waals surface area (Å²) < 4.78 is 0. The van der Waals surface area contributed by atoms with Crippen LogP contribution >= 0.6 is 0 Å². The Labute approximate surface area is 88.8 Å². The lowest BCUT2D eigenvalue weighted by molar-refractivity contribution is -0.120. The Hall–Kier alpha value is -1.39. The molecule has 1 rings (SSSR count). The van der Waals surface area contributed by atoms with Crippen LogP contribution in [0.3, 0.4) is 0 Å². The molecular weight excluding hydrogens is 194 g/mol. The predicted octanol–water partition coefficient (Wildman–Crippen LogP) is 0.830. The molecule has 1 aromatic carbocycles. The van der Waals surface area contributed by atoms with Crippen molar-refractivity contribution in [3.8, 4) is 0 Å². The fourth-order valence-corrected chi connectivity index (χ4v) is 1.38. The van der Waals surface area contributed by atoms with E-state index < -0.39 is 0 Å². The number of amides is 1. The summed E-state index contributed by atoms with van der Waals surface area (Å²) in [7, 11) is 0. The molecule has 0 aliphatic heterocycles. The molecule has 1 aromatic rings. The summed E-state index contributed by atoms with van der Waals surface area (Å²) in [4.78, 5) is 14.7. The van der Waals surface area contributed by atoms with Gasteiger partial charge in [0, 0.05) is 5.92 Å². The highest BCUT2D eigenvalue weighted by Gasteiger charge is 2.09. The maximum atomic E-state index is 9.90. The van der Waals surface area contributed by atoms with Crippen molar-refractivity contribution in [1.82, 2.24) is 5.48 Å². The van der Waals surface area contributed by atoms with E-state index in [0.717, 1.165) is 5.56 Å². The van der Waals surface area contributed by atoms with Crippen LogP contribution in [0.5, 0.6) is 0 Å². The highest BCUT2D eigenvalue weighted by Crippen LogP contribution is 2.18. The zero-order valence-corrected chi connectivity index (χ0v) is 8.43. The van der Waals surface area contributed by atoms with Crippen LogP contribution in [0.4, 0.5) is 0 Å². The molecule has 0 unspecified atom stereocenters. The van der Waals surface area contributed by atoms with Crippen molar-refractivity contribution in [1.29, 1.82) is 0 Å². The van der Waals surface area contributed by atoms with Gasteiger partial charge in [-0.2, -0.15) is 0 Å². The molecule has 0 aliphatic rings. The number of nitrogens with one attached hydrogen (secondary N) is 1. The smallest absolute Gasteiger partial charge is 0.230 e. The van der Waals surface area contributed by atoms with Gasteiger partial charge < -0.3 is 5.11 Å². The van der Waals surface area contributed by atoms with Crippen LogP contribution in [0.15, 0.2) is 30.3 Å². The maximum absolute atomic E-state index is 9.90.